The molecule has 6 heteroatoms. The van der Waals surface area contributed by atoms with Crippen molar-refractivity contribution in [1.82, 2.24) is 9.80 Å². The number of nitrogens with zero attached hydrogens (tertiary/aromatic N) is 2. The van der Waals surface area contributed by atoms with Crippen LogP contribution in [0.25, 0.3) is 0 Å². The minimum atomic E-state index is -0.481. The summed E-state index contributed by atoms with van der Waals surface area (Å²) in [4.78, 5) is 16.6. The molecule has 2 heterocycles. The van der Waals surface area contributed by atoms with Crippen LogP contribution < -0.4 is 4.74 Å². The van der Waals surface area contributed by atoms with Crippen LogP contribution in [0.2, 0.25) is 0 Å². The lowest BCUT2D eigenvalue weighted by Gasteiger charge is -2.31. The number of hydrogen-bond donors (Lipinski definition) is 0. The second kappa shape index (κ2) is 7.77. The predicted octanol–water partition coefficient (Wildman–Crippen LogP) is 4.56. The molecule has 144 valence electrons. The lowest BCUT2D eigenvalue weighted by molar-refractivity contribution is 0.0241. The van der Waals surface area contributed by atoms with Gasteiger partial charge < -0.3 is 14.4 Å². The van der Waals surface area contributed by atoms with Crippen molar-refractivity contribution in [2.24, 2.45) is 0 Å². The smallest absolute Gasteiger partial charge is 0.410 e. The summed E-state index contributed by atoms with van der Waals surface area (Å²) in [6.45, 7) is 12.3. The van der Waals surface area contributed by atoms with Crippen LogP contribution in [0.4, 0.5) is 4.79 Å². The molecule has 0 radical (unpaired) electrons. The Morgan fingerprint density at radius 3 is 2.54 bits per heavy atom. The van der Waals surface area contributed by atoms with Crippen molar-refractivity contribution >= 4 is 22.0 Å². The molecule has 3 rings (SSSR count). The highest BCUT2D eigenvalue weighted by atomic mass is 79.9. The van der Waals surface area contributed by atoms with Gasteiger partial charge in [0.2, 0.25) is 0 Å². The molecule has 0 bridgehead atoms. The molecule has 1 aromatic carbocycles. The van der Waals surface area contributed by atoms with E-state index >= 15 is 0 Å². The summed E-state index contributed by atoms with van der Waals surface area (Å²) in [5, 5.41) is 0. The van der Waals surface area contributed by atoms with Gasteiger partial charge in [-0.25, -0.2) is 4.79 Å². The van der Waals surface area contributed by atoms with E-state index in [1.807, 2.05) is 26.8 Å². The van der Waals surface area contributed by atoms with Crippen molar-refractivity contribution in [2.75, 3.05) is 19.6 Å². The molecule has 5 nitrogen and oxygen atoms in total. The van der Waals surface area contributed by atoms with Gasteiger partial charge in [-0.1, -0.05) is 22.9 Å². The fourth-order valence-electron chi connectivity index (χ4n) is 3.50. The third-order valence-electron chi connectivity index (χ3n) is 4.91. The third kappa shape index (κ3) is 4.71. The summed E-state index contributed by atoms with van der Waals surface area (Å²) in [5.41, 5.74) is 1.79. The third-order valence-corrected chi connectivity index (χ3v) is 5.62. The van der Waals surface area contributed by atoms with Gasteiger partial charge in [-0.3, -0.25) is 4.90 Å². The molecule has 0 unspecified atom stereocenters. The number of carbonyl (C=O) groups is 1. The molecular formula is C20H29BrN2O3. The standard InChI is InChI=1S/C20H29BrN2O3/c1-5-22-8-6-15(7-9-22)25-16-10-14-12-23(13-17(14)18(21)11-16)19(24)26-20(2,3)4/h10-11,15H,5-9,12-13H2,1-4H3. The molecular weight excluding hydrogens is 396 g/mol. The van der Waals surface area contributed by atoms with E-state index in [1.165, 1.54) is 0 Å². The van der Waals surface area contributed by atoms with Crippen molar-refractivity contribution in [3.05, 3.63) is 27.7 Å². The number of carbonyl (C=O) groups excluding carboxylic acids is 1. The van der Waals surface area contributed by atoms with Crippen molar-refractivity contribution in [3.63, 3.8) is 0 Å². The van der Waals surface area contributed by atoms with E-state index in [2.05, 4.69) is 33.8 Å². The van der Waals surface area contributed by atoms with Gasteiger partial charge in [-0.15, -0.1) is 0 Å². The Balaban J connectivity index is 1.65. The molecule has 0 atom stereocenters. The molecule has 0 saturated carbocycles. The van der Waals surface area contributed by atoms with Gasteiger partial charge in [0.1, 0.15) is 17.5 Å². The first-order valence-electron chi connectivity index (χ1n) is 9.43. The zero-order chi connectivity index (χ0) is 18.9. The lowest BCUT2D eigenvalue weighted by atomic mass is 10.1. The molecule has 26 heavy (non-hydrogen) atoms. The SMILES string of the molecule is CCN1CCC(Oc2cc(Br)c3c(c2)CN(C(=O)OC(C)(C)C)C3)CC1. The van der Waals surface area contributed by atoms with Gasteiger partial charge in [-0.05, 0) is 63.4 Å². The molecule has 0 spiro atoms. The van der Waals surface area contributed by atoms with Crippen LogP contribution >= 0.6 is 15.9 Å². The van der Waals surface area contributed by atoms with Gasteiger partial charge >= 0.3 is 6.09 Å². The number of likely N-dealkylation sites (tertiary alicyclic amines) is 1. The molecule has 2 aliphatic heterocycles. The highest BCUT2D eigenvalue weighted by Crippen LogP contribution is 2.35. The van der Waals surface area contributed by atoms with Crippen LogP contribution in [0.1, 0.15) is 51.7 Å². The number of ether oxygens (including phenoxy) is 2. The number of fused-ring (bicyclic) bond motifs is 1. The van der Waals surface area contributed by atoms with Gasteiger partial charge in [-0.2, -0.15) is 0 Å². The summed E-state index contributed by atoms with van der Waals surface area (Å²) in [7, 11) is 0. The molecule has 0 N–H and O–H groups in total. The fraction of sp³-hybridized carbons (Fsp3) is 0.650. The van der Waals surface area contributed by atoms with E-state index in [0.717, 1.165) is 53.8 Å². The molecule has 1 amide bonds. The number of piperidine rings is 1. The van der Waals surface area contributed by atoms with E-state index in [0.29, 0.717) is 13.1 Å². The minimum Gasteiger partial charge on any atom is -0.490 e. The van der Waals surface area contributed by atoms with Crippen molar-refractivity contribution < 1.29 is 14.3 Å². The number of amides is 1. The molecule has 2 aliphatic rings. The Morgan fingerprint density at radius 1 is 1.23 bits per heavy atom. The second-order valence-corrected chi connectivity index (χ2v) is 8.98. The average Bonchev–Trinajstić information content (AvgIpc) is 2.99. The quantitative estimate of drug-likeness (QED) is 0.712. The Morgan fingerprint density at radius 2 is 1.92 bits per heavy atom. The number of rotatable bonds is 3. The highest BCUT2D eigenvalue weighted by molar-refractivity contribution is 9.10. The van der Waals surface area contributed by atoms with Crippen LogP contribution in [-0.2, 0) is 17.8 Å². The minimum absolute atomic E-state index is 0.269. The number of hydrogen-bond acceptors (Lipinski definition) is 4. The van der Waals surface area contributed by atoms with E-state index in [1.54, 1.807) is 4.90 Å². The Kier molecular flexibility index (Phi) is 5.82. The fourth-order valence-corrected chi connectivity index (χ4v) is 4.10. The maximum absolute atomic E-state index is 12.4. The second-order valence-electron chi connectivity index (χ2n) is 8.13. The van der Waals surface area contributed by atoms with E-state index in [-0.39, 0.29) is 12.2 Å². The highest BCUT2D eigenvalue weighted by Gasteiger charge is 2.30. The molecule has 1 fully saturated rings. The Labute approximate surface area is 164 Å². The molecule has 1 aromatic rings. The monoisotopic (exact) mass is 424 g/mol. The molecule has 1 saturated heterocycles. The van der Waals surface area contributed by atoms with Crippen LogP contribution in [0.3, 0.4) is 0 Å². The maximum atomic E-state index is 12.4. The normalized spacial score (nSPS) is 18.7. The molecule has 0 aliphatic carbocycles. The van der Waals surface area contributed by atoms with E-state index in [4.69, 9.17) is 9.47 Å². The number of halogens is 1. The van der Waals surface area contributed by atoms with E-state index < -0.39 is 5.60 Å². The first-order chi connectivity index (χ1) is 12.2. The van der Waals surface area contributed by atoms with Crippen molar-refractivity contribution in [2.45, 2.75) is 65.3 Å². The predicted molar refractivity (Wildman–Crippen MR) is 105 cm³/mol. The van der Waals surface area contributed by atoms with Gasteiger partial charge in [0.05, 0.1) is 6.54 Å². The zero-order valence-electron chi connectivity index (χ0n) is 16.2. The Hall–Kier alpha value is -1.27. The van der Waals surface area contributed by atoms with Gasteiger partial charge in [0.15, 0.2) is 0 Å². The van der Waals surface area contributed by atoms with Crippen molar-refractivity contribution in [3.8, 4) is 5.75 Å². The number of benzene rings is 1. The zero-order valence-corrected chi connectivity index (χ0v) is 17.8. The topological polar surface area (TPSA) is 42.0 Å². The molecule has 0 aromatic heterocycles. The van der Waals surface area contributed by atoms with Crippen LogP contribution in [0.15, 0.2) is 16.6 Å². The average molecular weight is 425 g/mol. The lowest BCUT2D eigenvalue weighted by Crippen LogP contribution is -2.38. The van der Waals surface area contributed by atoms with E-state index in [9.17, 15) is 4.79 Å². The first-order valence-corrected chi connectivity index (χ1v) is 10.2. The largest absolute Gasteiger partial charge is 0.490 e. The van der Waals surface area contributed by atoms with Crippen LogP contribution in [-0.4, -0.2) is 47.2 Å². The summed E-state index contributed by atoms with van der Waals surface area (Å²) >= 11 is 3.65. The Bertz CT molecular complexity index is 664. The van der Waals surface area contributed by atoms with Crippen LogP contribution in [0.5, 0.6) is 5.75 Å². The van der Waals surface area contributed by atoms with Crippen LogP contribution in [0, 0.1) is 0 Å². The van der Waals surface area contributed by atoms with Gasteiger partial charge in [0.25, 0.3) is 0 Å². The summed E-state index contributed by atoms with van der Waals surface area (Å²) in [5.74, 6) is 0.886. The van der Waals surface area contributed by atoms with Crippen molar-refractivity contribution in [1.29, 1.82) is 0 Å². The first kappa shape index (κ1) is 19.5. The summed E-state index contributed by atoms with van der Waals surface area (Å²) < 4.78 is 12.7. The van der Waals surface area contributed by atoms with Gasteiger partial charge in [0, 0.05) is 24.1 Å². The summed E-state index contributed by atoms with van der Waals surface area (Å²) in [6.07, 6.45) is 2.13. The maximum Gasteiger partial charge on any atom is 0.410 e. The summed E-state index contributed by atoms with van der Waals surface area (Å²) in [6, 6.07) is 4.11.